The molecule has 3 N–H and O–H groups in total. The van der Waals surface area contributed by atoms with Gasteiger partial charge in [0.25, 0.3) is 5.91 Å². The van der Waals surface area contributed by atoms with Crippen LogP contribution in [0, 0.1) is 0 Å². The van der Waals surface area contributed by atoms with Crippen LogP contribution in [0.4, 0.5) is 5.69 Å². The van der Waals surface area contributed by atoms with Crippen molar-refractivity contribution in [2.45, 2.75) is 13.3 Å². The fourth-order valence-electron chi connectivity index (χ4n) is 3.33. The highest BCUT2D eigenvalue weighted by Crippen LogP contribution is 2.25. The predicted molar refractivity (Wildman–Crippen MR) is 133 cm³/mol. The van der Waals surface area contributed by atoms with Crippen LogP contribution >= 0.6 is 22.9 Å². The summed E-state index contributed by atoms with van der Waals surface area (Å²) in [6.07, 6.45) is 2.12. The number of imidazole rings is 1. The molecule has 0 saturated heterocycles. The minimum Gasteiger partial charge on any atom is -0.354 e. The van der Waals surface area contributed by atoms with Gasteiger partial charge in [-0.05, 0) is 36.4 Å². The third-order valence-corrected chi connectivity index (χ3v) is 6.11. The highest BCUT2D eigenvalue weighted by atomic mass is 35.5. The molecule has 34 heavy (non-hydrogen) atoms. The van der Waals surface area contributed by atoms with Crippen molar-refractivity contribution in [1.29, 1.82) is 0 Å². The number of thiazole rings is 1. The van der Waals surface area contributed by atoms with Crippen LogP contribution in [-0.2, 0) is 16.0 Å². The molecule has 2 aromatic carbocycles. The second-order valence-corrected chi connectivity index (χ2v) is 8.83. The van der Waals surface area contributed by atoms with Gasteiger partial charge in [-0.1, -0.05) is 23.7 Å². The van der Waals surface area contributed by atoms with Crippen molar-refractivity contribution in [2.24, 2.45) is 0 Å². The molecule has 10 heteroatoms. The molecule has 4 rings (SSSR count). The number of amides is 3. The Bertz CT molecular complexity index is 1330. The Morgan fingerprint density at radius 3 is 2.41 bits per heavy atom. The SMILES string of the molecule is CC(=O)Nc1ccc(C(=O)NCCNC(=O)Cc2csc3nc(-c4ccc(Cl)cc4)cn23)cc1. The van der Waals surface area contributed by atoms with Crippen LogP contribution < -0.4 is 16.0 Å². The molecule has 0 unspecified atom stereocenters. The van der Waals surface area contributed by atoms with Crippen molar-refractivity contribution < 1.29 is 14.4 Å². The lowest BCUT2D eigenvalue weighted by atomic mass is 10.2. The first-order chi connectivity index (χ1) is 16.4. The first-order valence-corrected chi connectivity index (χ1v) is 11.8. The van der Waals surface area contributed by atoms with Crippen LogP contribution in [0.2, 0.25) is 5.02 Å². The van der Waals surface area contributed by atoms with Gasteiger partial charge < -0.3 is 16.0 Å². The van der Waals surface area contributed by atoms with Gasteiger partial charge in [0.15, 0.2) is 4.96 Å². The molecular weight excluding hydrogens is 474 g/mol. The van der Waals surface area contributed by atoms with E-state index in [2.05, 4.69) is 20.9 Å². The van der Waals surface area contributed by atoms with Crippen molar-refractivity contribution in [2.75, 3.05) is 18.4 Å². The number of aromatic nitrogens is 2. The monoisotopic (exact) mass is 495 g/mol. The molecule has 0 atom stereocenters. The van der Waals surface area contributed by atoms with E-state index < -0.39 is 0 Å². The molecule has 8 nitrogen and oxygen atoms in total. The molecule has 2 heterocycles. The topological polar surface area (TPSA) is 105 Å². The van der Waals surface area contributed by atoms with E-state index in [9.17, 15) is 14.4 Å². The summed E-state index contributed by atoms with van der Waals surface area (Å²) in [5.74, 6) is -0.571. The second kappa shape index (κ2) is 10.5. The van der Waals surface area contributed by atoms with E-state index in [1.54, 1.807) is 24.3 Å². The molecular formula is C24H22ClN5O3S. The van der Waals surface area contributed by atoms with Gasteiger partial charge in [-0.2, -0.15) is 0 Å². The van der Waals surface area contributed by atoms with Gasteiger partial charge in [0, 0.05) is 59.1 Å². The van der Waals surface area contributed by atoms with E-state index in [1.807, 2.05) is 40.2 Å². The van der Waals surface area contributed by atoms with E-state index in [4.69, 9.17) is 11.6 Å². The van der Waals surface area contributed by atoms with E-state index >= 15 is 0 Å². The van der Waals surface area contributed by atoms with Crippen molar-refractivity contribution in [3.63, 3.8) is 0 Å². The lowest BCUT2D eigenvalue weighted by molar-refractivity contribution is -0.120. The average Bonchev–Trinajstić information content (AvgIpc) is 3.39. The van der Waals surface area contributed by atoms with Crippen molar-refractivity contribution >= 4 is 51.3 Å². The number of rotatable bonds is 8. The largest absolute Gasteiger partial charge is 0.354 e. The van der Waals surface area contributed by atoms with Gasteiger partial charge >= 0.3 is 0 Å². The van der Waals surface area contributed by atoms with Gasteiger partial charge in [-0.3, -0.25) is 18.8 Å². The van der Waals surface area contributed by atoms with Gasteiger partial charge in [-0.15, -0.1) is 11.3 Å². The molecule has 0 spiro atoms. The van der Waals surface area contributed by atoms with Gasteiger partial charge in [0.2, 0.25) is 11.8 Å². The Labute approximate surface area is 205 Å². The summed E-state index contributed by atoms with van der Waals surface area (Å²) < 4.78 is 1.92. The molecule has 3 amide bonds. The number of benzene rings is 2. The highest BCUT2D eigenvalue weighted by Gasteiger charge is 2.13. The molecule has 174 valence electrons. The summed E-state index contributed by atoms with van der Waals surface area (Å²) in [6.45, 7) is 2.02. The minimum atomic E-state index is -0.253. The average molecular weight is 496 g/mol. The zero-order chi connectivity index (χ0) is 24.1. The number of fused-ring (bicyclic) bond motifs is 1. The third-order valence-electron chi connectivity index (χ3n) is 4.97. The van der Waals surface area contributed by atoms with Crippen LogP contribution in [0.3, 0.4) is 0 Å². The number of anilines is 1. The van der Waals surface area contributed by atoms with Crippen molar-refractivity contribution in [3.05, 3.63) is 76.4 Å². The van der Waals surface area contributed by atoms with Crippen molar-refractivity contribution in [3.8, 4) is 11.3 Å². The fourth-order valence-corrected chi connectivity index (χ4v) is 4.33. The normalized spacial score (nSPS) is 10.8. The number of carbonyl (C=O) groups is 3. The van der Waals surface area contributed by atoms with Crippen LogP contribution in [0.5, 0.6) is 0 Å². The first-order valence-electron chi connectivity index (χ1n) is 10.5. The summed E-state index contributed by atoms with van der Waals surface area (Å²) >= 11 is 7.43. The fraction of sp³-hybridized carbons (Fsp3) is 0.167. The van der Waals surface area contributed by atoms with Crippen LogP contribution in [-0.4, -0.2) is 40.2 Å². The number of nitrogens with zero attached hydrogens (tertiary/aromatic N) is 2. The molecule has 0 saturated carbocycles. The van der Waals surface area contributed by atoms with E-state index in [1.165, 1.54) is 18.3 Å². The van der Waals surface area contributed by atoms with E-state index in [0.29, 0.717) is 29.4 Å². The van der Waals surface area contributed by atoms with Gasteiger partial charge in [0.1, 0.15) is 0 Å². The van der Waals surface area contributed by atoms with Gasteiger partial charge in [0.05, 0.1) is 12.1 Å². The number of halogens is 1. The quantitative estimate of drug-likeness (QED) is 0.324. The molecule has 0 aliphatic carbocycles. The van der Waals surface area contributed by atoms with Crippen LogP contribution in [0.25, 0.3) is 16.2 Å². The summed E-state index contributed by atoms with van der Waals surface area (Å²) in [7, 11) is 0. The molecule has 0 aliphatic heterocycles. The summed E-state index contributed by atoms with van der Waals surface area (Å²) in [4.78, 5) is 41.1. The number of hydrogen-bond donors (Lipinski definition) is 3. The summed E-state index contributed by atoms with van der Waals surface area (Å²) in [5, 5.41) is 10.8. The van der Waals surface area contributed by atoms with E-state index in [0.717, 1.165) is 21.9 Å². The third kappa shape index (κ3) is 5.81. The maximum Gasteiger partial charge on any atom is 0.251 e. The minimum absolute atomic E-state index is 0.143. The van der Waals surface area contributed by atoms with Crippen LogP contribution in [0.1, 0.15) is 23.0 Å². The molecule has 4 aromatic rings. The maximum atomic E-state index is 12.4. The summed E-state index contributed by atoms with van der Waals surface area (Å²) in [6, 6.07) is 14.0. The Balaban J connectivity index is 1.26. The molecule has 0 bridgehead atoms. The summed E-state index contributed by atoms with van der Waals surface area (Å²) in [5.41, 5.74) is 3.71. The number of hydrogen-bond acceptors (Lipinski definition) is 5. The number of carbonyl (C=O) groups excluding carboxylic acids is 3. The zero-order valence-electron chi connectivity index (χ0n) is 18.3. The Morgan fingerprint density at radius 1 is 1.00 bits per heavy atom. The highest BCUT2D eigenvalue weighted by molar-refractivity contribution is 7.15. The maximum absolute atomic E-state index is 12.4. The first kappa shape index (κ1) is 23.5. The Kier molecular flexibility index (Phi) is 7.24. The second-order valence-electron chi connectivity index (χ2n) is 7.55. The Morgan fingerprint density at radius 2 is 1.71 bits per heavy atom. The molecule has 0 fully saturated rings. The lowest BCUT2D eigenvalue weighted by Gasteiger charge is -2.08. The molecule has 0 radical (unpaired) electrons. The van der Waals surface area contributed by atoms with Crippen molar-refractivity contribution in [1.82, 2.24) is 20.0 Å². The molecule has 2 aromatic heterocycles. The van der Waals surface area contributed by atoms with Gasteiger partial charge in [-0.25, -0.2) is 4.98 Å². The lowest BCUT2D eigenvalue weighted by Crippen LogP contribution is -2.35. The standard InChI is InChI=1S/C24H22ClN5O3S/c1-15(31)28-19-8-4-17(5-9-19)23(33)27-11-10-26-22(32)12-20-14-34-24-29-21(13-30(20)24)16-2-6-18(25)7-3-16/h2-9,13-14H,10-12H2,1H3,(H,26,32)(H,27,33)(H,28,31). The Hall–Kier alpha value is -3.69. The molecule has 0 aliphatic rings. The van der Waals surface area contributed by atoms with E-state index in [-0.39, 0.29) is 24.1 Å². The smallest absolute Gasteiger partial charge is 0.251 e. The number of nitrogens with one attached hydrogen (secondary N) is 3. The van der Waals surface area contributed by atoms with Crippen LogP contribution in [0.15, 0.2) is 60.1 Å². The predicted octanol–water partition coefficient (Wildman–Crippen LogP) is 3.76. The zero-order valence-corrected chi connectivity index (χ0v) is 19.9.